The van der Waals surface area contributed by atoms with Crippen LogP contribution in [0.4, 0.5) is 0 Å². The van der Waals surface area contributed by atoms with Crippen molar-refractivity contribution in [1.29, 1.82) is 0 Å². The smallest absolute Gasteiger partial charge is 0.255 e. The molecule has 3 aliphatic heterocycles. The molecule has 0 aromatic heterocycles. The van der Waals surface area contributed by atoms with Crippen LogP contribution in [0.5, 0.6) is 0 Å². The molecule has 162 valence electrons. The lowest BCUT2D eigenvalue weighted by molar-refractivity contribution is -0.136. The van der Waals surface area contributed by atoms with Gasteiger partial charge in [0.1, 0.15) is 15.9 Å². The lowest BCUT2D eigenvalue weighted by Crippen LogP contribution is -2.52. The summed E-state index contributed by atoms with van der Waals surface area (Å²) in [4.78, 5) is 40.1. The van der Waals surface area contributed by atoms with Crippen LogP contribution in [0.25, 0.3) is 0 Å². The lowest BCUT2D eigenvalue weighted by atomic mass is 10.0. The number of carbonyl (C=O) groups is 3. The van der Waals surface area contributed by atoms with Gasteiger partial charge in [0.2, 0.25) is 11.8 Å². The van der Waals surface area contributed by atoms with E-state index in [1.165, 1.54) is 6.26 Å². The maximum atomic E-state index is 12.8. The first kappa shape index (κ1) is 21.0. The van der Waals surface area contributed by atoms with Gasteiger partial charge in [-0.3, -0.25) is 24.6 Å². The zero-order valence-electron chi connectivity index (χ0n) is 16.9. The van der Waals surface area contributed by atoms with Gasteiger partial charge in [-0.2, -0.15) is 0 Å². The van der Waals surface area contributed by atoms with E-state index in [4.69, 9.17) is 0 Å². The Morgan fingerprint density at radius 2 is 2.00 bits per heavy atom. The SMILES string of the molecule is CS(=O)(=O)CC1CN(Cc2ccc3c(c2)CN(C2CCC(=O)NC2=O)C3=O)CCN1. The number of piperidine rings is 1. The first-order chi connectivity index (χ1) is 14.2. The fraction of sp³-hybridized carbons (Fsp3) is 0.550. The highest BCUT2D eigenvalue weighted by Gasteiger charge is 2.39. The maximum Gasteiger partial charge on any atom is 0.255 e. The van der Waals surface area contributed by atoms with Gasteiger partial charge in [-0.1, -0.05) is 12.1 Å². The molecule has 0 aliphatic carbocycles. The summed E-state index contributed by atoms with van der Waals surface area (Å²) in [5.74, 6) is -0.775. The van der Waals surface area contributed by atoms with E-state index in [0.29, 0.717) is 31.6 Å². The zero-order chi connectivity index (χ0) is 21.5. The van der Waals surface area contributed by atoms with Gasteiger partial charge >= 0.3 is 0 Å². The number of nitrogens with zero attached hydrogens (tertiary/aromatic N) is 2. The quantitative estimate of drug-likeness (QED) is 0.587. The summed E-state index contributed by atoms with van der Waals surface area (Å²) in [6, 6.07) is 5.00. The van der Waals surface area contributed by atoms with E-state index in [1.54, 1.807) is 11.0 Å². The van der Waals surface area contributed by atoms with Crippen LogP contribution in [0.1, 0.15) is 34.3 Å². The van der Waals surface area contributed by atoms with E-state index in [0.717, 1.165) is 24.2 Å². The summed E-state index contributed by atoms with van der Waals surface area (Å²) in [6.45, 7) is 3.21. The molecule has 1 aromatic rings. The predicted molar refractivity (Wildman–Crippen MR) is 109 cm³/mol. The molecule has 3 aliphatic rings. The molecule has 2 N–H and O–H groups in total. The third-order valence-electron chi connectivity index (χ3n) is 5.84. The fourth-order valence-electron chi connectivity index (χ4n) is 4.50. The zero-order valence-corrected chi connectivity index (χ0v) is 17.7. The van der Waals surface area contributed by atoms with E-state index in [2.05, 4.69) is 15.5 Å². The van der Waals surface area contributed by atoms with E-state index >= 15 is 0 Å². The molecular formula is C20H26N4O5S. The number of imide groups is 1. The molecule has 4 rings (SSSR count). The standard InChI is InChI=1S/C20H26N4O5S/c1-30(28,29)12-15-11-23(7-6-21-15)9-13-2-3-16-14(8-13)10-24(20(16)27)17-4-5-18(25)22-19(17)26/h2-3,8,15,17,21H,4-7,9-12H2,1H3,(H,22,25,26). The second kappa shape index (κ2) is 8.09. The number of rotatable bonds is 5. The number of amides is 3. The summed E-state index contributed by atoms with van der Waals surface area (Å²) >= 11 is 0. The largest absolute Gasteiger partial charge is 0.322 e. The van der Waals surface area contributed by atoms with Gasteiger partial charge in [-0.15, -0.1) is 0 Å². The molecule has 0 saturated carbocycles. The number of sulfone groups is 1. The van der Waals surface area contributed by atoms with Crippen LogP contribution in [0.3, 0.4) is 0 Å². The molecule has 2 saturated heterocycles. The van der Waals surface area contributed by atoms with E-state index in [9.17, 15) is 22.8 Å². The van der Waals surface area contributed by atoms with Gasteiger partial charge < -0.3 is 10.2 Å². The van der Waals surface area contributed by atoms with Crippen LogP contribution in [0.2, 0.25) is 0 Å². The molecule has 2 fully saturated rings. The van der Waals surface area contributed by atoms with Crippen LogP contribution in [0.15, 0.2) is 18.2 Å². The minimum atomic E-state index is -3.04. The molecule has 2 unspecified atom stereocenters. The van der Waals surface area contributed by atoms with Gasteiger partial charge in [-0.25, -0.2) is 8.42 Å². The average Bonchev–Trinajstić information content (AvgIpc) is 2.96. The maximum absolute atomic E-state index is 12.8. The highest BCUT2D eigenvalue weighted by atomic mass is 32.2. The van der Waals surface area contributed by atoms with Crippen LogP contribution < -0.4 is 10.6 Å². The number of carbonyl (C=O) groups excluding carboxylic acids is 3. The van der Waals surface area contributed by atoms with Crippen LogP contribution in [-0.2, 0) is 32.5 Å². The number of fused-ring (bicyclic) bond motifs is 1. The Hall–Kier alpha value is -2.30. The third kappa shape index (κ3) is 4.55. The van der Waals surface area contributed by atoms with Crippen molar-refractivity contribution in [1.82, 2.24) is 20.4 Å². The second-order valence-electron chi connectivity index (χ2n) is 8.37. The Morgan fingerprint density at radius 1 is 1.20 bits per heavy atom. The molecule has 0 radical (unpaired) electrons. The second-order valence-corrected chi connectivity index (χ2v) is 10.6. The molecule has 30 heavy (non-hydrogen) atoms. The summed E-state index contributed by atoms with van der Waals surface area (Å²) < 4.78 is 23.2. The highest BCUT2D eigenvalue weighted by Crippen LogP contribution is 2.28. The molecule has 3 heterocycles. The Balaban J connectivity index is 1.43. The number of benzene rings is 1. The van der Waals surface area contributed by atoms with Crippen molar-refractivity contribution < 1.29 is 22.8 Å². The Bertz CT molecular complexity index is 993. The van der Waals surface area contributed by atoms with Crippen LogP contribution in [-0.4, -0.2) is 79.7 Å². The Morgan fingerprint density at radius 3 is 2.73 bits per heavy atom. The van der Waals surface area contributed by atoms with Gasteiger partial charge in [0.15, 0.2) is 0 Å². The predicted octanol–water partition coefficient (Wildman–Crippen LogP) is -0.734. The van der Waals surface area contributed by atoms with Crippen molar-refractivity contribution in [2.45, 2.75) is 38.0 Å². The summed E-state index contributed by atoms with van der Waals surface area (Å²) in [5, 5.41) is 5.57. The first-order valence-corrected chi connectivity index (χ1v) is 12.2. The van der Waals surface area contributed by atoms with Crippen molar-refractivity contribution in [2.24, 2.45) is 0 Å². The van der Waals surface area contributed by atoms with Crippen molar-refractivity contribution >= 4 is 27.6 Å². The van der Waals surface area contributed by atoms with E-state index < -0.39 is 21.8 Å². The van der Waals surface area contributed by atoms with Crippen LogP contribution >= 0.6 is 0 Å². The monoisotopic (exact) mass is 434 g/mol. The fourth-order valence-corrected chi connectivity index (χ4v) is 5.45. The van der Waals surface area contributed by atoms with E-state index in [-0.39, 0.29) is 30.0 Å². The van der Waals surface area contributed by atoms with Crippen molar-refractivity contribution in [3.8, 4) is 0 Å². The molecule has 9 nitrogen and oxygen atoms in total. The molecule has 1 aromatic carbocycles. The van der Waals surface area contributed by atoms with Crippen molar-refractivity contribution in [3.63, 3.8) is 0 Å². The number of hydrogen-bond acceptors (Lipinski definition) is 7. The van der Waals surface area contributed by atoms with Crippen LogP contribution in [0, 0.1) is 0 Å². The van der Waals surface area contributed by atoms with Gasteiger partial charge in [0, 0.05) is 57.0 Å². The molecule has 3 amide bonds. The summed E-state index contributed by atoms with van der Waals surface area (Å²) in [7, 11) is -3.04. The highest BCUT2D eigenvalue weighted by molar-refractivity contribution is 7.90. The molecule has 10 heteroatoms. The van der Waals surface area contributed by atoms with Gasteiger partial charge in [0.25, 0.3) is 5.91 Å². The number of hydrogen-bond donors (Lipinski definition) is 2. The minimum absolute atomic E-state index is 0.0900. The van der Waals surface area contributed by atoms with Gasteiger partial charge in [-0.05, 0) is 23.6 Å². The molecular weight excluding hydrogens is 408 g/mol. The summed E-state index contributed by atoms with van der Waals surface area (Å²) in [6.07, 6.45) is 1.83. The average molecular weight is 435 g/mol. The van der Waals surface area contributed by atoms with E-state index in [1.807, 2.05) is 12.1 Å². The summed E-state index contributed by atoms with van der Waals surface area (Å²) in [5.41, 5.74) is 2.52. The normalized spacial score (nSPS) is 25.4. The topological polar surface area (TPSA) is 116 Å². The number of piperazine rings is 1. The minimum Gasteiger partial charge on any atom is -0.322 e. The van der Waals surface area contributed by atoms with Crippen molar-refractivity contribution in [2.75, 3.05) is 31.6 Å². The lowest BCUT2D eigenvalue weighted by Gasteiger charge is -2.33. The van der Waals surface area contributed by atoms with Crippen molar-refractivity contribution in [3.05, 3.63) is 34.9 Å². The molecule has 2 atom stereocenters. The molecule has 0 spiro atoms. The number of nitrogens with one attached hydrogen (secondary N) is 2. The van der Waals surface area contributed by atoms with Gasteiger partial charge in [0.05, 0.1) is 5.75 Å². The third-order valence-corrected chi connectivity index (χ3v) is 6.85. The Labute approximate surface area is 175 Å². The first-order valence-electron chi connectivity index (χ1n) is 10.1. The molecule has 0 bridgehead atoms. The Kier molecular flexibility index (Phi) is 5.65.